The number of likely N-dealkylation sites (tertiary alicyclic amines) is 1. The van der Waals surface area contributed by atoms with Gasteiger partial charge in [-0.25, -0.2) is 0 Å². The van der Waals surface area contributed by atoms with Gasteiger partial charge in [-0.1, -0.05) is 43.3 Å². The number of nitrogens with zero attached hydrogens (tertiary/aromatic N) is 5. The van der Waals surface area contributed by atoms with Crippen molar-refractivity contribution in [2.75, 3.05) is 37.6 Å². The van der Waals surface area contributed by atoms with Crippen molar-refractivity contribution < 1.29 is 19.2 Å². The minimum atomic E-state index is -0.770. The Bertz CT molecular complexity index is 1430. The molecule has 2 amide bonds. The van der Waals surface area contributed by atoms with E-state index in [2.05, 4.69) is 25.8 Å². The second-order valence-electron chi connectivity index (χ2n) is 13.0. The van der Waals surface area contributed by atoms with Crippen molar-refractivity contribution in [3.63, 3.8) is 0 Å². The summed E-state index contributed by atoms with van der Waals surface area (Å²) in [4.78, 5) is 31.3. The third-order valence-electron chi connectivity index (χ3n) is 9.55. The Morgan fingerprint density at radius 3 is 2.49 bits per heavy atom. The number of hydrogen-bond donors (Lipinski definition) is 3. The van der Waals surface area contributed by atoms with Crippen LogP contribution in [-0.2, 0) is 16.6 Å². The number of aryl methyl sites for hydroxylation is 1. The monoisotopic (exact) mass is 589 g/mol. The standard InChI is InChI=1S/C32H43N7O4/c1-20(2)29(27-16-28(36-43-27)38-18-32(19-38)10-13-33-14-11-32)31(42)39-17-24(40)15-26(39)30(41)35-21(3)22-5-7-23(8-6-22)25-9-12-34-37(25)4/h5-9,12,16,20-21,24,26,29,33,40H,10-11,13-15,17-19H2,1-4H3,(H,35,41)/t21-,24+,26-,29-/m0/s1. The molecule has 3 aromatic rings. The highest BCUT2D eigenvalue weighted by molar-refractivity contribution is 5.91. The Kier molecular flexibility index (Phi) is 8.04. The fourth-order valence-electron chi connectivity index (χ4n) is 6.99. The summed E-state index contributed by atoms with van der Waals surface area (Å²) in [5, 5.41) is 25.6. The third kappa shape index (κ3) is 5.80. The summed E-state index contributed by atoms with van der Waals surface area (Å²) >= 11 is 0. The van der Waals surface area contributed by atoms with E-state index in [0.29, 0.717) is 11.2 Å². The van der Waals surface area contributed by atoms with E-state index >= 15 is 0 Å². The van der Waals surface area contributed by atoms with Gasteiger partial charge in [0.1, 0.15) is 12.0 Å². The van der Waals surface area contributed by atoms with E-state index in [1.165, 1.54) is 4.90 Å². The molecule has 11 nitrogen and oxygen atoms in total. The Morgan fingerprint density at radius 2 is 1.84 bits per heavy atom. The second-order valence-corrected chi connectivity index (χ2v) is 13.0. The normalized spacial score (nSPS) is 22.9. The lowest BCUT2D eigenvalue weighted by molar-refractivity contribution is -0.141. The number of nitrogens with one attached hydrogen (secondary N) is 2. The zero-order valence-electron chi connectivity index (χ0n) is 25.5. The van der Waals surface area contributed by atoms with Gasteiger partial charge in [0, 0.05) is 50.8 Å². The number of rotatable bonds is 8. The quantitative estimate of drug-likeness (QED) is 0.366. The van der Waals surface area contributed by atoms with Crippen LogP contribution in [0.2, 0.25) is 0 Å². The molecule has 1 aromatic carbocycles. The molecule has 11 heteroatoms. The molecule has 230 valence electrons. The summed E-state index contributed by atoms with van der Waals surface area (Å²) in [5.74, 6) is 0.0785. The largest absolute Gasteiger partial charge is 0.391 e. The average Bonchev–Trinajstić information content (AvgIpc) is 3.72. The highest BCUT2D eigenvalue weighted by atomic mass is 16.5. The van der Waals surface area contributed by atoms with Gasteiger partial charge in [0.25, 0.3) is 0 Å². The van der Waals surface area contributed by atoms with Gasteiger partial charge in [-0.2, -0.15) is 5.10 Å². The summed E-state index contributed by atoms with van der Waals surface area (Å²) in [7, 11) is 1.90. The molecule has 5 heterocycles. The molecule has 0 radical (unpaired) electrons. The van der Waals surface area contributed by atoms with Gasteiger partial charge in [0.15, 0.2) is 11.6 Å². The highest BCUT2D eigenvalue weighted by Gasteiger charge is 2.46. The molecule has 3 aliphatic rings. The number of amides is 2. The highest BCUT2D eigenvalue weighted by Crippen LogP contribution is 2.42. The lowest BCUT2D eigenvalue weighted by Gasteiger charge is -2.52. The molecule has 0 saturated carbocycles. The lowest BCUT2D eigenvalue weighted by Crippen LogP contribution is -2.60. The summed E-state index contributed by atoms with van der Waals surface area (Å²) in [5.41, 5.74) is 3.34. The molecule has 3 aliphatic heterocycles. The van der Waals surface area contributed by atoms with Gasteiger partial charge in [-0.3, -0.25) is 14.3 Å². The van der Waals surface area contributed by atoms with Crippen LogP contribution in [0, 0.1) is 11.3 Å². The first kappa shape index (κ1) is 29.4. The number of piperidine rings is 1. The Morgan fingerprint density at radius 1 is 1.12 bits per heavy atom. The molecule has 2 aromatic heterocycles. The molecule has 1 spiro atoms. The van der Waals surface area contributed by atoms with Crippen molar-refractivity contribution in [2.45, 2.75) is 64.1 Å². The van der Waals surface area contributed by atoms with E-state index in [1.54, 1.807) is 6.20 Å². The maximum absolute atomic E-state index is 14.0. The summed E-state index contributed by atoms with van der Waals surface area (Å²) in [6.07, 6.45) is 3.51. The van der Waals surface area contributed by atoms with E-state index in [0.717, 1.165) is 61.7 Å². The predicted molar refractivity (Wildman–Crippen MR) is 162 cm³/mol. The first-order chi connectivity index (χ1) is 20.6. The van der Waals surface area contributed by atoms with Crippen LogP contribution < -0.4 is 15.5 Å². The first-order valence-corrected chi connectivity index (χ1v) is 15.4. The zero-order chi connectivity index (χ0) is 30.3. The number of carbonyl (C=O) groups excluding carboxylic acids is 2. The van der Waals surface area contributed by atoms with Gasteiger partial charge in [-0.05, 0) is 56.0 Å². The third-order valence-corrected chi connectivity index (χ3v) is 9.55. The lowest BCUT2D eigenvalue weighted by atomic mass is 9.72. The number of aromatic nitrogens is 3. The van der Waals surface area contributed by atoms with Gasteiger partial charge in [0.2, 0.25) is 11.8 Å². The maximum atomic E-state index is 14.0. The van der Waals surface area contributed by atoms with Gasteiger partial charge >= 0.3 is 0 Å². The second kappa shape index (κ2) is 11.8. The Balaban J connectivity index is 1.12. The molecule has 0 aliphatic carbocycles. The van der Waals surface area contributed by atoms with Gasteiger partial charge in [0.05, 0.1) is 17.8 Å². The number of hydrogen-bond acceptors (Lipinski definition) is 8. The molecule has 3 fully saturated rings. The zero-order valence-corrected chi connectivity index (χ0v) is 25.5. The summed E-state index contributed by atoms with van der Waals surface area (Å²) in [6.45, 7) is 9.97. The minimum Gasteiger partial charge on any atom is -0.391 e. The fraction of sp³-hybridized carbons (Fsp3) is 0.562. The molecular weight excluding hydrogens is 546 g/mol. The molecular formula is C32H43N7O4. The van der Waals surface area contributed by atoms with Crippen molar-refractivity contribution in [1.82, 2.24) is 30.5 Å². The van der Waals surface area contributed by atoms with Crippen LogP contribution in [0.4, 0.5) is 5.82 Å². The maximum Gasteiger partial charge on any atom is 0.243 e. The smallest absolute Gasteiger partial charge is 0.243 e. The Hall–Kier alpha value is -3.70. The molecule has 3 N–H and O–H groups in total. The molecule has 4 atom stereocenters. The van der Waals surface area contributed by atoms with E-state index in [-0.39, 0.29) is 36.7 Å². The van der Waals surface area contributed by atoms with Gasteiger partial charge < -0.3 is 30.1 Å². The first-order valence-electron chi connectivity index (χ1n) is 15.4. The summed E-state index contributed by atoms with van der Waals surface area (Å²) < 4.78 is 7.59. The van der Waals surface area contributed by atoms with Crippen molar-refractivity contribution >= 4 is 17.6 Å². The van der Waals surface area contributed by atoms with Crippen LogP contribution in [0.1, 0.15) is 63.3 Å². The van der Waals surface area contributed by atoms with E-state index in [4.69, 9.17) is 4.52 Å². The van der Waals surface area contributed by atoms with Crippen molar-refractivity contribution in [3.8, 4) is 11.3 Å². The molecule has 3 saturated heterocycles. The number of benzene rings is 1. The van der Waals surface area contributed by atoms with E-state index in [1.807, 2.05) is 68.9 Å². The summed E-state index contributed by atoms with van der Waals surface area (Å²) in [6, 6.07) is 10.8. The van der Waals surface area contributed by atoms with Crippen LogP contribution in [0.3, 0.4) is 0 Å². The van der Waals surface area contributed by atoms with Crippen LogP contribution in [0.15, 0.2) is 47.1 Å². The average molecular weight is 590 g/mol. The number of carbonyl (C=O) groups is 2. The fourth-order valence-corrected chi connectivity index (χ4v) is 6.99. The van der Waals surface area contributed by atoms with Crippen molar-refractivity contribution in [3.05, 3.63) is 53.9 Å². The topological polar surface area (TPSA) is 129 Å². The van der Waals surface area contributed by atoms with Gasteiger partial charge in [-0.15, -0.1) is 0 Å². The molecule has 0 unspecified atom stereocenters. The number of β-amino-alcohol motifs (C(OH)–C–C–N with tert-alkyl or cyclic N) is 1. The number of aliphatic hydroxyl groups excluding tert-OH is 1. The SMILES string of the molecule is CC(C)[C@H](C(=O)N1C[C@H](O)C[C@H]1C(=O)N[C@@H](C)c1ccc(-c2ccnn2C)cc1)c1cc(N2CC3(CCNCC3)C2)no1. The van der Waals surface area contributed by atoms with Crippen LogP contribution in [0.5, 0.6) is 0 Å². The van der Waals surface area contributed by atoms with Crippen LogP contribution >= 0.6 is 0 Å². The molecule has 6 rings (SSSR count). The van der Waals surface area contributed by atoms with Crippen LogP contribution in [0.25, 0.3) is 11.3 Å². The van der Waals surface area contributed by atoms with E-state index < -0.39 is 18.1 Å². The van der Waals surface area contributed by atoms with E-state index in [9.17, 15) is 14.7 Å². The predicted octanol–water partition coefficient (Wildman–Crippen LogP) is 2.84. The Labute approximate surface area is 252 Å². The minimum absolute atomic E-state index is 0.0845. The molecule has 43 heavy (non-hydrogen) atoms. The number of anilines is 1. The van der Waals surface area contributed by atoms with Crippen molar-refractivity contribution in [2.24, 2.45) is 18.4 Å². The van der Waals surface area contributed by atoms with Crippen LogP contribution in [-0.4, -0.2) is 81.6 Å². The van der Waals surface area contributed by atoms with Crippen molar-refractivity contribution in [1.29, 1.82) is 0 Å². The number of aliphatic hydroxyl groups is 1. The molecule has 0 bridgehead atoms.